The molecule has 2 heterocycles. The molecule has 0 bridgehead atoms. The van der Waals surface area contributed by atoms with Crippen molar-refractivity contribution in [1.82, 2.24) is 19.9 Å². The monoisotopic (exact) mass is 360 g/mol. The van der Waals surface area contributed by atoms with Gasteiger partial charge in [0.25, 0.3) is 0 Å². The van der Waals surface area contributed by atoms with Crippen LogP contribution in [0.2, 0.25) is 0 Å². The molecule has 0 radical (unpaired) electrons. The van der Waals surface area contributed by atoms with Gasteiger partial charge in [0, 0.05) is 18.3 Å². The van der Waals surface area contributed by atoms with Gasteiger partial charge < -0.3 is 21.1 Å². The van der Waals surface area contributed by atoms with E-state index in [4.69, 9.17) is 5.73 Å². The average Bonchev–Trinajstić information content (AvgIpc) is 3.07. The van der Waals surface area contributed by atoms with Gasteiger partial charge in [-0.25, -0.2) is 15.0 Å². The summed E-state index contributed by atoms with van der Waals surface area (Å²) >= 11 is 0. The van der Waals surface area contributed by atoms with Crippen LogP contribution in [0.15, 0.2) is 54.7 Å². The topological polar surface area (TPSA) is 113 Å². The SMILES string of the molecule is Nc1nc2c(CCCNc3nccc(-c4ccc(O)cc4)n3)cccc2[nH]1. The molecule has 27 heavy (non-hydrogen) atoms. The maximum absolute atomic E-state index is 9.40. The fraction of sp³-hybridized carbons (Fsp3) is 0.150. The van der Waals surface area contributed by atoms with E-state index < -0.39 is 0 Å². The lowest BCUT2D eigenvalue weighted by molar-refractivity contribution is 0.475. The van der Waals surface area contributed by atoms with E-state index in [0.29, 0.717) is 11.9 Å². The maximum Gasteiger partial charge on any atom is 0.223 e. The molecule has 0 amide bonds. The molecular weight excluding hydrogens is 340 g/mol. The number of rotatable bonds is 6. The van der Waals surface area contributed by atoms with Crippen molar-refractivity contribution in [2.45, 2.75) is 12.8 Å². The number of nitrogens with zero attached hydrogens (tertiary/aromatic N) is 3. The smallest absolute Gasteiger partial charge is 0.223 e. The molecule has 2 aromatic carbocycles. The van der Waals surface area contributed by atoms with Gasteiger partial charge in [-0.05, 0) is 54.8 Å². The third kappa shape index (κ3) is 3.82. The molecule has 0 atom stereocenters. The normalized spacial score (nSPS) is 11.0. The number of aryl methyl sites for hydroxylation is 1. The minimum absolute atomic E-state index is 0.236. The summed E-state index contributed by atoms with van der Waals surface area (Å²) in [5, 5.41) is 12.7. The number of nitrogen functional groups attached to an aromatic ring is 1. The Balaban J connectivity index is 1.38. The van der Waals surface area contributed by atoms with Crippen molar-refractivity contribution in [3.05, 3.63) is 60.3 Å². The molecule has 0 fully saturated rings. The highest BCUT2D eigenvalue weighted by atomic mass is 16.3. The quantitative estimate of drug-likeness (QED) is 0.392. The molecule has 0 saturated carbocycles. The fourth-order valence-corrected chi connectivity index (χ4v) is 3.03. The third-order valence-corrected chi connectivity index (χ3v) is 4.34. The molecule has 2 aromatic heterocycles. The van der Waals surface area contributed by atoms with Gasteiger partial charge >= 0.3 is 0 Å². The number of nitrogens with two attached hydrogens (primary N) is 1. The highest BCUT2D eigenvalue weighted by Crippen LogP contribution is 2.21. The largest absolute Gasteiger partial charge is 0.508 e. The first-order valence-corrected chi connectivity index (χ1v) is 8.78. The molecule has 0 aliphatic carbocycles. The van der Waals surface area contributed by atoms with Crippen molar-refractivity contribution in [3.63, 3.8) is 0 Å². The van der Waals surface area contributed by atoms with Crippen LogP contribution < -0.4 is 11.1 Å². The molecule has 0 spiro atoms. The molecule has 4 rings (SSSR count). The van der Waals surface area contributed by atoms with Crippen molar-refractivity contribution < 1.29 is 5.11 Å². The van der Waals surface area contributed by atoms with Crippen LogP contribution in [0.4, 0.5) is 11.9 Å². The lowest BCUT2D eigenvalue weighted by atomic mass is 10.1. The Morgan fingerprint density at radius 2 is 1.89 bits per heavy atom. The van der Waals surface area contributed by atoms with Gasteiger partial charge in [0.1, 0.15) is 5.75 Å². The zero-order valence-electron chi connectivity index (χ0n) is 14.7. The van der Waals surface area contributed by atoms with Gasteiger partial charge in [-0.2, -0.15) is 0 Å². The van der Waals surface area contributed by atoms with E-state index in [-0.39, 0.29) is 5.75 Å². The number of imidazole rings is 1. The Kier molecular flexibility index (Phi) is 4.57. The number of aromatic hydroxyl groups is 1. The van der Waals surface area contributed by atoms with Crippen LogP contribution in [0.25, 0.3) is 22.3 Å². The molecule has 136 valence electrons. The number of hydrogen-bond donors (Lipinski definition) is 4. The van der Waals surface area contributed by atoms with Gasteiger partial charge in [-0.3, -0.25) is 0 Å². The minimum Gasteiger partial charge on any atom is -0.508 e. The van der Waals surface area contributed by atoms with E-state index in [1.54, 1.807) is 18.3 Å². The van der Waals surface area contributed by atoms with Crippen molar-refractivity contribution in [1.29, 1.82) is 0 Å². The highest BCUT2D eigenvalue weighted by molar-refractivity contribution is 5.80. The number of aromatic nitrogens is 4. The molecule has 5 N–H and O–H groups in total. The van der Waals surface area contributed by atoms with Gasteiger partial charge in [-0.1, -0.05) is 12.1 Å². The van der Waals surface area contributed by atoms with Gasteiger partial charge in [-0.15, -0.1) is 0 Å². The first-order chi connectivity index (χ1) is 13.2. The predicted octanol–water partition coefficient (Wildman–Crippen LogP) is 3.35. The Morgan fingerprint density at radius 1 is 1.04 bits per heavy atom. The zero-order valence-corrected chi connectivity index (χ0v) is 14.7. The van der Waals surface area contributed by atoms with Crippen molar-refractivity contribution in [2.75, 3.05) is 17.6 Å². The molecule has 7 heteroatoms. The minimum atomic E-state index is 0.236. The van der Waals surface area contributed by atoms with Gasteiger partial charge in [0.15, 0.2) is 5.95 Å². The first-order valence-electron chi connectivity index (χ1n) is 8.78. The summed E-state index contributed by atoms with van der Waals surface area (Å²) < 4.78 is 0. The number of anilines is 2. The predicted molar refractivity (Wildman–Crippen MR) is 106 cm³/mol. The van der Waals surface area contributed by atoms with E-state index in [2.05, 4.69) is 31.3 Å². The first kappa shape index (κ1) is 16.8. The number of aromatic amines is 1. The van der Waals surface area contributed by atoms with E-state index in [1.807, 2.05) is 30.3 Å². The summed E-state index contributed by atoms with van der Waals surface area (Å²) in [6.45, 7) is 0.745. The zero-order chi connectivity index (χ0) is 18.6. The van der Waals surface area contributed by atoms with Crippen LogP contribution >= 0.6 is 0 Å². The van der Waals surface area contributed by atoms with E-state index in [0.717, 1.165) is 41.7 Å². The summed E-state index contributed by atoms with van der Waals surface area (Å²) in [5.41, 5.74) is 10.6. The second kappa shape index (κ2) is 7.33. The Hall–Kier alpha value is -3.61. The summed E-state index contributed by atoms with van der Waals surface area (Å²) in [7, 11) is 0. The fourth-order valence-electron chi connectivity index (χ4n) is 3.03. The van der Waals surface area contributed by atoms with Crippen molar-refractivity contribution >= 4 is 22.9 Å². The Bertz CT molecular complexity index is 1060. The number of fused-ring (bicyclic) bond motifs is 1. The number of nitrogens with one attached hydrogen (secondary N) is 2. The molecule has 0 saturated heterocycles. The van der Waals surface area contributed by atoms with Crippen LogP contribution in [0.1, 0.15) is 12.0 Å². The number of phenols is 1. The summed E-state index contributed by atoms with van der Waals surface area (Å²) in [4.78, 5) is 16.2. The summed E-state index contributed by atoms with van der Waals surface area (Å²) in [5.74, 6) is 1.26. The van der Waals surface area contributed by atoms with E-state index in [9.17, 15) is 5.11 Å². The second-order valence-electron chi connectivity index (χ2n) is 6.28. The number of benzene rings is 2. The van der Waals surface area contributed by atoms with E-state index >= 15 is 0 Å². The van der Waals surface area contributed by atoms with Crippen LogP contribution in [0, 0.1) is 0 Å². The van der Waals surface area contributed by atoms with E-state index in [1.165, 1.54) is 5.56 Å². The molecule has 0 unspecified atom stereocenters. The molecule has 4 aromatic rings. The third-order valence-electron chi connectivity index (χ3n) is 4.34. The summed E-state index contributed by atoms with van der Waals surface area (Å²) in [6, 6.07) is 14.9. The number of para-hydroxylation sites is 1. The molecular formula is C20H20N6O. The number of hydrogen-bond acceptors (Lipinski definition) is 6. The molecule has 7 nitrogen and oxygen atoms in total. The Morgan fingerprint density at radius 3 is 2.74 bits per heavy atom. The standard InChI is InChI=1S/C20H20N6O/c21-19-24-17-5-1-3-14(18(17)26-19)4-2-11-22-20-23-12-10-16(25-20)13-6-8-15(27)9-7-13/h1,3,5-10,12,27H,2,4,11H2,(H3,21,24,26)(H,22,23,25). The van der Waals surface area contributed by atoms with Gasteiger partial charge in [0.05, 0.1) is 16.7 Å². The van der Waals surface area contributed by atoms with Crippen molar-refractivity contribution in [3.8, 4) is 17.0 Å². The molecule has 0 aliphatic rings. The van der Waals surface area contributed by atoms with Crippen molar-refractivity contribution in [2.24, 2.45) is 0 Å². The Labute approximate surface area is 156 Å². The summed E-state index contributed by atoms with van der Waals surface area (Å²) in [6.07, 6.45) is 3.52. The lowest BCUT2D eigenvalue weighted by Gasteiger charge is -2.07. The number of H-pyrrole nitrogens is 1. The van der Waals surface area contributed by atoms with Gasteiger partial charge in [0.2, 0.25) is 5.95 Å². The highest BCUT2D eigenvalue weighted by Gasteiger charge is 2.06. The lowest BCUT2D eigenvalue weighted by Crippen LogP contribution is -2.06. The molecule has 0 aliphatic heterocycles. The van der Waals surface area contributed by atoms with Crippen LogP contribution in [-0.4, -0.2) is 31.6 Å². The van der Waals surface area contributed by atoms with Crippen LogP contribution in [-0.2, 0) is 6.42 Å². The average molecular weight is 360 g/mol. The van der Waals surface area contributed by atoms with Crippen LogP contribution in [0.3, 0.4) is 0 Å². The van der Waals surface area contributed by atoms with Crippen LogP contribution in [0.5, 0.6) is 5.75 Å². The maximum atomic E-state index is 9.40. The second-order valence-corrected chi connectivity index (χ2v) is 6.28. The number of phenolic OH excluding ortho intramolecular Hbond substituents is 1.